The lowest BCUT2D eigenvalue weighted by atomic mass is 10.2. The van der Waals surface area contributed by atoms with Crippen molar-refractivity contribution >= 4 is 17.6 Å². The number of anilines is 1. The Morgan fingerprint density at radius 3 is 2.36 bits per heavy atom. The molecule has 1 aromatic rings. The van der Waals surface area contributed by atoms with Gasteiger partial charge in [-0.2, -0.15) is 0 Å². The first kappa shape index (κ1) is 17.6. The van der Waals surface area contributed by atoms with Gasteiger partial charge in [-0.3, -0.25) is 14.5 Å². The molecule has 25 heavy (non-hydrogen) atoms. The number of amides is 2. The van der Waals surface area contributed by atoms with Gasteiger partial charge in [0.25, 0.3) is 5.91 Å². The van der Waals surface area contributed by atoms with E-state index < -0.39 is 0 Å². The summed E-state index contributed by atoms with van der Waals surface area (Å²) in [5.74, 6) is 0.796. The van der Waals surface area contributed by atoms with E-state index in [2.05, 4.69) is 25.3 Å². The number of carbonyl (C=O) groups is 2. The Kier molecular flexibility index (Phi) is 5.80. The molecule has 1 N–H and O–H groups in total. The van der Waals surface area contributed by atoms with Crippen LogP contribution in [-0.2, 0) is 4.79 Å². The van der Waals surface area contributed by atoms with Crippen LogP contribution in [-0.4, -0.2) is 84.2 Å². The smallest absolute Gasteiger partial charge is 0.274 e. The summed E-state index contributed by atoms with van der Waals surface area (Å²) in [4.78, 5) is 30.3. The number of carbonyl (C=O) groups excluding carboxylic acids is 2. The maximum absolute atomic E-state index is 12.6. The summed E-state index contributed by atoms with van der Waals surface area (Å²) in [5.41, 5.74) is 0.389. The van der Waals surface area contributed by atoms with Crippen molar-refractivity contribution < 1.29 is 9.59 Å². The van der Waals surface area contributed by atoms with Gasteiger partial charge in [-0.1, -0.05) is 0 Å². The summed E-state index contributed by atoms with van der Waals surface area (Å²) >= 11 is 0. The summed E-state index contributed by atoms with van der Waals surface area (Å²) in [7, 11) is 0. The Balaban J connectivity index is 1.51. The molecule has 8 nitrogen and oxygen atoms in total. The van der Waals surface area contributed by atoms with E-state index in [1.165, 1.54) is 12.8 Å². The Labute approximate surface area is 148 Å². The van der Waals surface area contributed by atoms with Crippen LogP contribution in [0.4, 0.5) is 5.82 Å². The highest BCUT2D eigenvalue weighted by atomic mass is 16.2. The van der Waals surface area contributed by atoms with Crippen molar-refractivity contribution in [3.8, 4) is 0 Å². The summed E-state index contributed by atoms with van der Waals surface area (Å²) in [6.45, 7) is 7.56. The third-order valence-corrected chi connectivity index (χ3v) is 4.70. The Bertz CT molecular complexity index is 592. The average molecular weight is 346 g/mol. The van der Waals surface area contributed by atoms with Crippen LogP contribution in [0.1, 0.15) is 30.3 Å². The molecule has 3 heterocycles. The molecule has 136 valence electrons. The normalized spacial score (nSPS) is 18.4. The molecule has 2 aliphatic heterocycles. The molecule has 0 atom stereocenters. The first-order valence-corrected chi connectivity index (χ1v) is 9.04. The van der Waals surface area contributed by atoms with E-state index in [-0.39, 0.29) is 11.8 Å². The number of piperazine rings is 1. The molecule has 0 radical (unpaired) electrons. The highest BCUT2D eigenvalue weighted by Gasteiger charge is 2.24. The SMILES string of the molecule is CCNC(=O)CN1CCN(C(=O)c2ccc(N3CCCC3)nn2)CC1. The van der Waals surface area contributed by atoms with Gasteiger partial charge in [-0.25, -0.2) is 0 Å². The van der Waals surface area contributed by atoms with Crippen molar-refractivity contribution in [2.24, 2.45) is 0 Å². The number of aromatic nitrogens is 2. The summed E-state index contributed by atoms with van der Waals surface area (Å²) in [6.07, 6.45) is 2.37. The number of likely N-dealkylation sites (N-methyl/N-ethyl adjacent to an activating group) is 1. The molecular formula is C17H26N6O2. The molecule has 0 unspecified atom stereocenters. The van der Waals surface area contributed by atoms with Gasteiger partial charge < -0.3 is 15.1 Å². The zero-order valence-corrected chi connectivity index (χ0v) is 14.8. The number of nitrogens with zero attached hydrogens (tertiary/aromatic N) is 5. The summed E-state index contributed by atoms with van der Waals surface area (Å²) in [6, 6.07) is 3.65. The van der Waals surface area contributed by atoms with Gasteiger partial charge in [0.05, 0.1) is 6.54 Å². The van der Waals surface area contributed by atoms with Crippen LogP contribution in [0.2, 0.25) is 0 Å². The standard InChI is InChI=1S/C17H26N6O2/c1-2-18-16(24)13-21-9-11-23(12-10-21)17(25)14-5-6-15(20-19-14)22-7-3-4-8-22/h5-6H,2-4,7-13H2,1H3,(H,18,24). The van der Waals surface area contributed by atoms with E-state index in [1.807, 2.05) is 13.0 Å². The monoisotopic (exact) mass is 346 g/mol. The zero-order chi connectivity index (χ0) is 17.6. The van der Waals surface area contributed by atoms with Crippen molar-refractivity contribution in [2.75, 3.05) is 57.3 Å². The van der Waals surface area contributed by atoms with Crippen LogP contribution in [0.15, 0.2) is 12.1 Å². The minimum atomic E-state index is -0.0851. The molecule has 0 bridgehead atoms. The minimum Gasteiger partial charge on any atom is -0.355 e. The lowest BCUT2D eigenvalue weighted by molar-refractivity contribution is -0.122. The summed E-state index contributed by atoms with van der Waals surface area (Å²) in [5, 5.41) is 11.1. The zero-order valence-electron chi connectivity index (χ0n) is 14.8. The predicted octanol–water partition coefficient (Wildman–Crippen LogP) is -0.0293. The second-order valence-electron chi connectivity index (χ2n) is 6.49. The second-order valence-corrected chi connectivity index (χ2v) is 6.49. The van der Waals surface area contributed by atoms with Crippen LogP contribution in [0.3, 0.4) is 0 Å². The van der Waals surface area contributed by atoms with Gasteiger partial charge >= 0.3 is 0 Å². The maximum Gasteiger partial charge on any atom is 0.274 e. The van der Waals surface area contributed by atoms with Crippen molar-refractivity contribution in [1.29, 1.82) is 0 Å². The van der Waals surface area contributed by atoms with Gasteiger partial charge in [0.15, 0.2) is 11.5 Å². The second kappa shape index (κ2) is 8.24. The van der Waals surface area contributed by atoms with E-state index in [9.17, 15) is 9.59 Å². The van der Waals surface area contributed by atoms with Crippen LogP contribution in [0.5, 0.6) is 0 Å². The maximum atomic E-state index is 12.6. The lowest BCUT2D eigenvalue weighted by Gasteiger charge is -2.34. The first-order chi connectivity index (χ1) is 12.2. The van der Waals surface area contributed by atoms with Crippen molar-refractivity contribution in [2.45, 2.75) is 19.8 Å². The van der Waals surface area contributed by atoms with Gasteiger partial charge in [0.1, 0.15) is 0 Å². The molecule has 0 aromatic carbocycles. The predicted molar refractivity (Wildman–Crippen MR) is 94.5 cm³/mol. The quantitative estimate of drug-likeness (QED) is 0.806. The van der Waals surface area contributed by atoms with Crippen LogP contribution >= 0.6 is 0 Å². The molecule has 2 aliphatic rings. The van der Waals surface area contributed by atoms with E-state index in [0.29, 0.717) is 45.0 Å². The highest BCUT2D eigenvalue weighted by Crippen LogP contribution is 2.17. The highest BCUT2D eigenvalue weighted by molar-refractivity contribution is 5.92. The van der Waals surface area contributed by atoms with E-state index in [0.717, 1.165) is 18.9 Å². The fraction of sp³-hybridized carbons (Fsp3) is 0.647. The molecule has 2 fully saturated rings. The van der Waals surface area contributed by atoms with Gasteiger partial charge in [0, 0.05) is 45.8 Å². The fourth-order valence-electron chi connectivity index (χ4n) is 3.28. The van der Waals surface area contributed by atoms with Crippen LogP contribution in [0.25, 0.3) is 0 Å². The molecule has 0 aliphatic carbocycles. The topological polar surface area (TPSA) is 81.7 Å². The Hall–Kier alpha value is -2.22. The van der Waals surface area contributed by atoms with E-state index in [1.54, 1.807) is 11.0 Å². The molecule has 0 saturated carbocycles. The lowest BCUT2D eigenvalue weighted by Crippen LogP contribution is -2.51. The van der Waals surface area contributed by atoms with Gasteiger partial charge in [-0.05, 0) is 31.9 Å². The largest absolute Gasteiger partial charge is 0.355 e. The van der Waals surface area contributed by atoms with Crippen LogP contribution in [0, 0.1) is 0 Å². The van der Waals surface area contributed by atoms with Gasteiger partial charge in [-0.15, -0.1) is 10.2 Å². The molecule has 3 rings (SSSR count). The molecule has 1 aromatic heterocycles. The Morgan fingerprint density at radius 1 is 1.04 bits per heavy atom. The van der Waals surface area contributed by atoms with E-state index in [4.69, 9.17) is 0 Å². The Morgan fingerprint density at radius 2 is 1.76 bits per heavy atom. The van der Waals surface area contributed by atoms with Gasteiger partial charge in [0.2, 0.25) is 5.91 Å². The molecular weight excluding hydrogens is 320 g/mol. The number of hydrogen-bond acceptors (Lipinski definition) is 6. The molecule has 2 saturated heterocycles. The van der Waals surface area contributed by atoms with Crippen molar-refractivity contribution in [3.05, 3.63) is 17.8 Å². The van der Waals surface area contributed by atoms with Crippen molar-refractivity contribution in [3.63, 3.8) is 0 Å². The number of hydrogen-bond donors (Lipinski definition) is 1. The third-order valence-electron chi connectivity index (χ3n) is 4.70. The average Bonchev–Trinajstić information content (AvgIpc) is 3.17. The molecule has 8 heteroatoms. The first-order valence-electron chi connectivity index (χ1n) is 9.04. The van der Waals surface area contributed by atoms with E-state index >= 15 is 0 Å². The van der Waals surface area contributed by atoms with Crippen molar-refractivity contribution in [1.82, 2.24) is 25.3 Å². The summed E-state index contributed by atoms with van der Waals surface area (Å²) < 4.78 is 0. The van der Waals surface area contributed by atoms with Crippen LogP contribution < -0.4 is 10.2 Å². The number of nitrogens with one attached hydrogen (secondary N) is 1. The fourth-order valence-corrected chi connectivity index (χ4v) is 3.28. The third kappa shape index (κ3) is 4.45. The molecule has 2 amide bonds. The minimum absolute atomic E-state index is 0.0330. The number of rotatable bonds is 5. The molecule has 0 spiro atoms.